The fourth-order valence-corrected chi connectivity index (χ4v) is 2.22. The highest BCUT2D eigenvalue weighted by molar-refractivity contribution is 4.90. The average Bonchev–Trinajstić information content (AvgIpc) is 2.83. The van der Waals surface area contributed by atoms with Gasteiger partial charge in [-0.05, 0) is 31.7 Å². The van der Waals surface area contributed by atoms with E-state index in [1.54, 1.807) is 7.11 Å². The summed E-state index contributed by atoms with van der Waals surface area (Å²) >= 11 is 0. The first-order chi connectivity index (χ1) is 9.65. The molecule has 1 aromatic heterocycles. The maximum Gasteiger partial charge on any atom is 0.228 e. The molecule has 1 heterocycles. The van der Waals surface area contributed by atoms with E-state index in [9.17, 15) is 0 Å². The SMILES string of the molecule is CCCNC(Cc1nc(CCCOC)no1)CC(C)C. The summed E-state index contributed by atoms with van der Waals surface area (Å²) in [7, 11) is 1.71. The Hall–Kier alpha value is -0.940. The second-order valence-corrected chi connectivity index (χ2v) is 5.69. The number of hydrogen-bond donors (Lipinski definition) is 1. The molecule has 0 aliphatic carbocycles. The van der Waals surface area contributed by atoms with Gasteiger partial charge >= 0.3 is 0 Å². The lowest BCUT2D eigenvalue weighted by Gasteiger charge is -2.18. The largest absolute Gasteiger partial charge is 0.385 e. The van der Waals surface area contributed by atoms with E-state index in [1.807, 2.05) is 0 Å². The summed E-state index contributed by atoms with van der Waals surface area (Å²) in [6.45, 7) is 8.43. The smallest absolute Gasteiger partial charge is 0.228 e. The molecule has 0 saturated carbocycles. The predicted octanol–water partition coefficient (Wildman–Crippen LogP) is 2.61. The van der Waals surface area contributed by atoms with Gasteiger partial charge in [-0.25, -0.2) is 0 Å². The van der Waals surface area contributed by atoms with E-state index >= 15 is 0 Å². The molecule has 0 radical (unpaired) electrons. The van der Waals surface area contributed by atoms with Crippen molar-refractivity contribution in [2.24, 2.45) is 5.92 Å². The fourth-order valence-electron chi connectivity index (χ4n) is 2.22. The van der Waals surface area contributed by atoms with Gasteiger partial charge in [0.15, 0.2) is 5.82 Å². The average molecular weight is 283 g/mol. The van der Waals surface area contributed by atoms with Gasteiger partial charge < -0.3 is 14.6 Å². The van der Waals surface area contributed by atoms with E-state index in [-0.39, 0.29) is 0 Å². The Bertz CT molecular complexity index is 353. The summed E-state index contributed by atoms with van der Waals surface area (Å²) in [5.41, 5.74) is 0. The minimum atomic E-state index is 0.419. The zero-order valence-corrected chi connectivity index (χ0v) is 13.3. The van der Waals surface area contributed by atoms with E-state index in [2.05, 4.69) is 36.2 Å². The Labute approximate surface area is 122 Å². The number of methoxy groups -OCH3 is 1. The van der Waals surface area contributed by atoms with Gasteiger partial charge in [0.25, 0.3) is 0 Å². The topological polar surface area (TPSA) is 60.2 Å². The molecule has 0 aliphatic rings. The molecule has 1 unspecified atom stereocenters. The van der Waals surface area contributed by atoms with E-state index in [1.165, 1.54) is 0 Å². The van der Waals surface area contributed by atoms with Crippen molar-refractivity contribution in [1.82, 2.24) is 15.5 Å². The molecule has 1 atom stereocenters. The summed E-state index contributed by atoms with van der Waals surface area (Å²) in [6.07, 6.45) is 4.82. The van der Waals surface area contributed by atoms with Crippen molar-refractivity contribution in [1.29, 1.82) is 0 Å². The first-order valence-corrected chi connectivity index (χ1v) is 7.69. The lowest BCUT2D eigenvalue weighted by molar-refractivity contribution is 0.194. The predicted molar refractivity (Wildman–Crippen MR) is 79.7 cm³/mol. The molecule has 5 nitrogen and oxygen atoms in total. The Balaban J connectivity index is 2.46. The standard InChI is InChI=1S/C15H29N3O2/c1-5-8-16-13(10-12(2)3)11-15-17-14(18-20-15)7-6-9-19-4/h12-13,16H,5-11H2,1-4H3. The monoisotopic (exact) mass is 283 g/mol. The van der Waals surface area contributed by atoms with Crippen molar-refractivity contribution in [2.45, 2.75) is 58.9 Å². The molecule has 0 aliphatic heterocycles. The van der Waals surface area contributed by atoms with E-state index in [0.717, 1.165) is 57.0 Å². The van der Waals surface area contributed by atoms with E-state index in [4.69, 9.17) is 9.26 Å². The van der Waals surface area contributed by atoms with Crippen LogP contribution in [0.3, 0.4) is 0 Å². The molecule has 116 valence electrons. The molecular formula is C15H29N3O2. The van der Waals surface area contributed by atoms with Gasteiger partial charge in [-0.2, -0.15) is 4.98 Å². The van der Waals surface area contributed by atoms with Crippen LogP contribution >= 0.6 is 0 Å². The van der Waals surface area contributed by atoms with Crippen molar-refractivity contribution in [2.75, 3.05) is 20.3 Å². The summed E-state index contributed by atoms with van der Waals surface area (Å²) < 4.78 is 10.4. The Morgan fingerprint density at radius 2 is 2.15 bits per heavy atom. The van der Waals surface area contributed by atoms with Crippen LogP contribution in [-0.4, -0.2) is 36.4 Å². The minimum Gasteiger partial charge on any atom is -0.385 e. The van der Waals surface area contributed by atoms with Crippen LogP contribution in [0.1, 0.15) is 51.7 Å². The molecule has 0 fully saturated rings. The molecule has 1 rings (SSSR count). The van der Waals surface area contributed by atoms with Crippen molar-refractivity contribution < 1.29 is 9.26 Å². The second kappa shape index (κ2) is 9.88. The maximum absolute atomic E-state index is 5.35. The van der Waals surface area contributed by atoms with Crippen molar-refractivity contribution in [3.63, 3.8) is 0 Å². The molecule has 1 N–H and O–H groups in total. The number of aryl methyl sites for hydroxylation is 1. The third-order valence-electron chi connectivity index (χ3n) is 3.12. The van der Waals surface area contributed by atoms with Gasteiger partial charge in [-0.1, -0.05) is 25.9 Å². The summed E-state index contributed by atoms with van der Waals surface area (Å²) in [5, 5.41) is 7.59. The Morgan fingerprint density at radius 3 is 2.80 bits per heavy atom. The summed E-state index contributed by atoms with van der Waals surface area (Å²) in [6, 6.07) is 0.419. The fraction of sp³-hybridized carbons (Fsp3) is 0.867. The zero-order chi connectivity index (χ0) is 14.8. The van der Waals surface area contributed by atoms with Crippen molar-refractivity contribution in [3.8, 4) is 0 Å². The van der Waals surface area contributed by atoms with Crippen LogP contribution in [-0.2, 0) is 17.6 Å². The number of nitrogens with one attached hydrogen (secondary N) is 1. The van der Waals surface area contributed by atoms with Gasteiger partial charge in [-0.15, -0.1) is 0 Å². The maximum atomic E-state index is 5.35. The molecule has 20 heavy (non-hydrogen) atoms. The van der Waals surface area contributed by atoms with E-state index < -0.39 is 0 Å². The van der Waals surface area contributed by atoms with E-state index in [0.29, 0.717) is 12.0 Å². The van der Waals surface area contributed by atoms with Crippen LogP contribution in [0.2, 0.25) is 0 Å². The molecule has 1 aromatic rings. The Morgan fingerprint density at radius 1 is 1.35 bits per heavy atom. The molecule has 5 heteroatoms. The molecule has 0 amide bonds. The molecule has 0 spiro atoms. The highest BCUT2D eigenvalue weighted by Crippen LogP contribution is 2.11. The number of hydrogen-bond acceptors (Lipinski definition) is 5. The summed E-state index contributed by atoms with van der Waals surface area (Å²) in [4.78, 5) is 4.46. The van der Waals surface area contributed by atoms with Crippen LogP contribution in [0.15, 0.2) is 4.52 Å². The number of aromatic nitrogens is 2. The minimum absolute atomic E-state index is 0.419. The molecular weight excluding hydrogens is 254 g/mol. The third-order valence-corrected chi connectivity index (χ3v) is 3.12. The lowest BCUT2D eigenvalue weighted by Crippen LogP contribution is -2.33. The first kappa shape index (κ1) is 17.1. The molecule has 0 bridgehead atoms. The number of ether oxygens (including phenoxy) is 1. The van der Waals surface area contributed by atoms with Gasteiger partial charge in [0.2, 0.25) is 5.89 Å². The molecule has 0 saturated heterocycles. The van der Waals surface area contributed by atoms with Crippen LogP contribution in [0.25, 0.3) is 0 Å². The lowest BCUT2D eigenvalue weighted by atomic mass is 10.0. The van der Waals surface area contributed by atoms with Gasteiger partial charge in [-0.3, -0.25) is 0 Å². The van der Waals surface area contributed by atoms with Crippen molar-refractivity contribution >= 4 is 0 Å². The molecule has 0 aromatic carbocycles. The Kier molecular flexibility index (Phi) is 8.46. The normalized spacial score (nSPS) is 13.1. The van der Waals surface area contributed by atoms with Crippen LogP contribution in [0.4, 0.5) is 0 Å². The van der Waals surface area contributed by atoms with Gasteiger partial charge in [0.05, 0.1) is 0 Å². The second-order valence-electron chi connectivity index (χ2n) is 5.69. The van der Waals surface area contributed by atoms with Crippen LogP contribution < -0.4 is 5.32 Å². The van der Waals surface area contributed by atoms with Crippen molar-refractivity contribution in [3.05, 3.63) is 11.7 Å². The summed E-state index contributed by atoms with van der Waals surface area (Å²) in [5.74, 6) is 2.19. The zero-order valence-electron chi connectivity index (χ0n) is 13.3. The number of rotatable bonds is 11. The first-order valence-electron chi connectivity index (χ1n) is 7.69. The third kappa shape index (κ3) is 7.01. The number of nitrogens with zero attached hydrogens (tertiary/aromatic N) is 2. The quantitative estimate of drug-likeness (QED) is 0.633. The van der Waals surface area contributed by atoms with Gasteiger partial charge in [0.1, 0.15) is 0 Å². The highest BCUT2D eigenvalue weighted by atomic mass is 16.5. The van der Waals surface area contributed by atoms with Crippen LogP contribution in [0, 0.1) is 5.92 Å². The van der Waals surface area contributed by atoms with Gasteiger partial charge in [0, 0.05) is 32.6 Å². The highest BCUT2D eigenvalue weighted by Gasteiger charge is 2.15. The van der Waals surface area contributed by atoms with Crippen LogP contribution in [0.5, 0.6) is 0 Å².